The first-order chi connectivity index (χ1) is 29.7. The second-order valence-electron chi connectivity index (χ2n) is 23.2. The molecule has 1 aromatic heterocycles. The summed E-state index contributed by atoms with van der Waals surface area (Å²) in [6.45, 7) is 28.7. The molecule has 318 valence electrons. The Hall–Kier alpha value is -5.48. The molecule has 6 aromatic carbocycles. The molecule has 3 heterocycles. The number of nitrogens with zero attached hydrogens (tertiary/aromatic N) is 2. The molecule has 2 aliphatic heterocycles. The Morgan fingerprint density at radius 1 is 0.540 bits per heavy atom. The summed E-state index contributed by atoms with van der Waals surface area (Å²) in [7, 11) is 0. The van der Waals surface area contributed by atoms with Gasteiger partial charge in [0.25, 0.3) is 6.71 Å². The van der Waals surface area contributed by atoms with Crippen molar-refractivity contribution in [3.05, 3.63) is 149 Å². The van der Waals surface area contributed by atoms with Gasteiger partial charge < -0.3 is 14.2 Å². The van der Waals surface area contributed by atoms with E-state index in [1.165, 1.54) is 101 Å². The molecule has 0 atom stereocenters. The lowest BCUT2D eigenvalue weighted by Gasteiger charge is -2.45. The summed E-state index contributed by atoms with van der Waals surface area (Å²) in [5.74, 6) is 0. The van der Waals surface area contributed by atoms with E-state index >= 15 is 0 Å². The number of anilines is 6. The van der Waals surface area contributed by atoms with Crippen molar-refractivity contribution >= 4 is 68.4 Å². The van der Waals surface area contributed by atoms with E-state index in [1.807, 2.05) is 0 Å². The van der Waals surface area contributed by atoms with E-state index in [4.69, 9.17) is 4.42 Å². The van der Waals surface area contributed by atoms with Crippen LogP contribution in [-0.2, 0) is 27.1 Å². The van der Waals surface area contributed by atoms with E-state index in [-0.39, 0.29) is 33.8 Å². The van der Waals surface area contributed by atoms with Gasteiger partial charge in [-0.3, -0.25) is 0 Å². The van der Waals surface area contributed by atoms with Gasteiger partial charge in [-0.2, -0.15) is 0 Å². The van der Waals surface area contributed by atoms with Crippen LogP contribution in [0.5, 0.6) is 0 Å². The molecule has 0 N–H and O–H groups in total. The molecular weight excluding hydrogens is 763 g/mol. The lowest BCUT2D eigenvalue weighted by atomic mass is 9.35. The fourth-order valence-corrected chi connectivity index (χ4v) is 11.9. The van der Waals surface area contributed by atoms with Crippen molar-refractivity contribution in [1.29, 1.82) is 0 Å². The summed E-state index contributed by atoms with van der Waals surface area (Å²) < 4.78 is 7.59. The van der Waals surface area contributed by atoms with Gasteiger partial charge in [0.2, 0.25) is 0 Å². The zero-order valence-corrected chi connectivity index (χ0v) is 39.7. The van der Waals surface area contributed by atoms with Crippen LogP contribution in [0.25, 0.3) is 22.1 Å². The van der Waals surface area contributed by atoms with E-state index < -0.39 is 0 Å². The monoisotopic (exact) mass is 827 g/mol. The molecule has 0 saturated heterocycles. The Morgan fingerprint density at radius 2 is 1.13 bits per heavy atom. The first kappa shape index (κ1) is 40.3. The molecule has 0 amide bonds. The van der Waals surface area contributed by atoms with Gasteiger partial charge in [0.05, 0.1) is 17.0 Å². The number of fused-ring (bicyclic) bond motifs is 8. The minimum absolute atomic E-state index is 0.0461. The fourth-order valence-electron chi connectivity index (χ4n) is 11.9. The summed E-state index contributed by atoms with van der Waals surface area (Å²) in [4.78, 5) is 5.19. The van der Waals surface area contributed by atoms with Crippen molar-refractivity contribution in [1.82, 2.24) is 0 Å². The lowest BCUT2D eigenvalue weighted by Crippen LogP contribution is -2.61. The van der Waals surface area contributed by atoms with Crippen molar-refractivity contribution in [3.63, 3.8) is 0 Å². The van der Waals surface area contributed by atoms with Gasteiger partial charge in [0.15, 0.2) is 0 Å². The highest BCUT2D eigenvalue weighted by Crippen LogP contribution is 2.54. The zero-order chi connectivity index (χ0) is 44.2. The van der Waals surface area contributed by atoms with E-state index in [0.29, 0.717) is 0 Å². The molecule has 11 rings (SSSR count). The maximum absolute atomic E-state index is 7.59. The number of hydrogen-bond acceptors (Lipinski definition) is 3. The average Bonchev–Trinajstić information content (AvgIpc) is 3.61. The lowest BCUT2D eigenvalue weighted by molar-refractivity contribution is 0.332. The number of rotatable bonds is 3. The van der Waals surface area contributed by atoms with E-state index in [1.54, 1.807) is 0 Å². The summed E-state index contributed by atoms with van der Waals surface area (Å²) in [6, 6.07) is 44.5. The van der Waals surface area contributed by atoms with Crippen molar-refractivity contribution < 1.29 is 4.42 Å². The van der Waals surface area contributed by atoms with Crippen molar-refractivity contribution in [2.75, 3.05) is 9.80 Å². The first-order valence-electron chi connectivity index (χ1n) is 23.6. The summed E-state index contributed by atoms with van der Waals surface area (Å²) in [6.07, 6.45) is 4.67. The second-order valence-corrected chi connectivity index (χ2v) is 23.2. The van der Waals surface area contributed by atoms with Gasteiger partial charge >= 0.3 is 0 Å². The Balaban J connectivity index is 1.27. The number of para-hydroxylation sites is 1. The Bertz CT molecular complexity index is 3030. The van der Waals surface area contributed by atoms with Crippen molar-refractivity contribution in [2.24, 2.45) is 0 Å². The third-order valence-electron chi connectivity index (χ3n) is 16.0. The highest BCUT2D eigenvalue weighted by atomic mass is 16.3. The molecule has 0 radical (unpaired) electrons. The molecule has 0 saturated carbocycles. The third kappa shape index (κ3) is 5.99. The SMILES string of the molecule is Cc1cc2c3c(c1)N(c1ccc4c(c1)C(C)(C)CCC4(C)C)c1c(oc4cc5c(cc14)C(C)(C)CCC5(C)C)B3c1cc(C(C)(C)C)ccc1N2c1ccccc1-c1ccccc1. The standard InChI is InChI=1S/C59H63BN2O/c1-36-30-49-52-50(31-36)62(47-21-17-16-20-40(47)37-18-14-13-15-19-37)48-25-22-38(55(2,3)4)32-46(48)60(52)54-53(41-34-44-45(35-51(41)63-54)59(11,12)29-28-58(44,9)10)61(49)39-23-24-42-43(33-39)57(7,8)27-26-56(42,5)6/h13-25,30-35H,26-29H2,1-12H3. The van der Waals surface area contributed by atoms with Gasteiger partial charge in [-0.25, -0.2) is 0 Å². The Kier molecular flexibility index (Phi) is 8.50. The maximum Gasteiger partial charge on any atom is 0.297 e. The Labute approximate surface area is 376 Å². The molecule has 0 fully saturated rings. The normalized spacial score (nSPS) is 18.6. The van der Waals surface area contributed by atoms with Gasteiger partial charge in [-0.05, 0) is 158 Å². The molecule has 3 nitrogen and oxygen atoms in total. The Morgan fingerprint density at radius 3 is 1.79 bits per heavy atom. The van der Waals surface area contributed by atoms with Crippen LogP contribution < -0.4 is 26.4 Å². The number of hydrogen-bond donors (Lipinski definition) is 0. The third-order valence-corrected chi connectivity index (χ3v) is 16.0. The predicted octanol–water partition coefficient (Wildman–Crippen LogP) is 14.5. The smallest absolute Gasteiger partial charge is 0.297 e. The van der Waals surface area contributed by atoms with Crippen molar-refractivity contribution in [2.45, 2.75) is 136 Å². The summed E-state index contributed by atoms with van der Waals surface area (Å²) in [5.41, 5.74) is 22.9. The van der Waals surface area contributed by atoms with Crippen LogP contribution in [0.3, 0.4) is 0 Å². The molecule has 0 bridgehead atoms. The molecule has 63 heavy (non-hydrogen) atoms. The molecular formula is C59H63BN2O. The highest BCUT2D eigenvalue weighted by molar-refractivity contribution is 7.00. The number of benzene rings is 6. The van der Waals surface area contributed by atoms with E-state index in [0.717, 1.165) is 30.5 Å². The molecule has 4 aliphatic rings. The van der Waals surface area contributed by atoms with Gasteiger partial charge in [-0.1, -0.05) is 143 Å². The molecule has 0 spiro atoms. The van der Waals surface area contributed by atoms with Crippen LogP contribution in [0, 0.1) is 6.92 Å². The minimum Gasteiger partial charge on any atom is -0.468 e. The van der Waals surface area contributed by atoms with Gasteiger partial charge in [-0.15, -0.1) is 0 Å². The van der Waals surface area contributed by atoms with Crippen LogP contribution in [0.1, 0.15) is 135 Å². The minimum atomic E-state index is -0.113. The van der Waals surface area contributed by atoms with Crippen LogP contribution in [0.2, 0.25) is 0 Å². The maximum atomic E-state index is 7.59. The predicted molar refractivity (Wildman–Crippen MR) is 270 cm³/mol. The highest BCUT2D eigenvalue weighted by Gasteiger charge is 2.49. The van der Waals surface area contributed by atoms with Crippen LogP contribution in [-0.4, -0.2) is 6.71 Å². The zero-order valence-electron chi connectivity index (χ0n) is 39.7. The first-order valence-corrected chi connectivity index (χ1v) is 23.6. The largest absolute Gasteiger partial charge is 0.468 e. The van der Waals surface area contributed by atoms with Gasteiger partial charge in [0.1, 0.15) is 5.58 Å². The topological polar surface area (TPSA) is 19.6 Å². The quantitative estimate of drug-likeness (QED) is 0.165. The average molecular weight is 827 g/mol. The van der Waals surface area contributed by atoms with Crippen LogP contribution >= 0.6 is 0 Å². The van der Waals surface area contributed by atoms with Crippen molar-refractivity contribution in [3.8, 4) is 11.1 Å². The van der Waals surface area contributed by atoms with E-state index in [2.05, 4.69) is 208 Å². The van der Waals surface area contributed by atoms with Gasteiger partial charge in [0, 0.05) is 33.7 Å². The number of aryl methyl sites for hydroxylation is 1. The molecule has 4 heteroatoms. The molecule has 2 aliphatic carbocycles. The van der Waals surface area contributed by atoms with Crippen LogP contribution in [0.15, 0.2) is 120 Å². The molecule has 7 aromatic rings. The fraction of sp³-hybridized carbons (Fsp3) is 0.356. The van der Waals surface area contributed by atoms with Crippen LogP contribution in [0.4, 0.5) is 34.1 Å². The second kappa shape index (κ2) is 13.3. The summed E-state index contributed by atoms with van der Waals surface area (Å²) >= 11 is 0. The van der Waals surface area contributed by atoms with E-state index in [9.17, 15) is 0 Å². The number of furan rings is 1. The summed E-state index contributed by atoms with van der Waals surface area (Å²) in [5, 5.41) is 1.21. The molecule has 0 unspecified atom stereocenters.